The van der Waals surface area contributed by atoms with Crippen molar-refractivity contribution in [2.45, 2.75) is 0 Å². The number of amides is 1. The van der Waals surface area contributed by atoms with Gasteiger partial charge in [0.2, 0.25) is 5.91 Å². The summed E-state index contributed by atoms with van der Waals surface area (Å²) in [4.78, 5) is 13.3. The van der Waals surface area contributed by atoms with Crippen molar-refractivity contribution >= 4 is 15.7 Å². The molecule has 1 N–H and O–H groups in total. The largest absolute Gasteiger partial charge is 0.355 e. The minimum absolute atomic E-state index is 0.117. The van der Waals surface area contributed by atoms with Gasteiger partial charge in [0.15, 0.2) is 9.84 Å². The molecule has 13 heavy (non-hydrogen) atoms. The van der Waals surface area contributed by atoms with Gasteiger partial charge in [-0.25, -0.2) is 8.42 Å². The fraction of sp³-hybridized carbons (Fsp3) is 0.800. The minimum Gasteiger partial charge on any atom is -0.355 e. The SMILES string of the molecule is CS(=O)(=O)CC(=O)NCCN=[N+]=[N-]. The smallest absolute Gasteiger partial charge is 0.235 e. The quantitative estimate of drug-likeness (QED) is 0.282. The van der Waals surface area contributed by atoms with E-state index in [0.29, 0.717) is 0 Å². The first-order valence-corrected chi connectivity index (χ1v) is 5.47. The lowest BCUT2D eigenvalue weighted by molar-refractivity contribution is -0.118. The Kier molecular flexibility index (Phi) is 4.86. The molecule has 0 atom stereocenters. The summed E-state index contributed by atoms with van der Waals surface area (Å²) < 4.78 is 21.2. The molecular weight excluding hydrogens is 196 g/mol. The van der Waals surface area contributed by atoms with Crippen LogP contribution in [0.1, 0.15) is 0 Å². The van der Waals surface area contributed by atoms with Crippen molar-refractivity contribution in [1.82, 2.24) is 5.32 Å². The van der Waals surface area contributed by atoms with Crippen LogP contribution < -0.4 is 5.32 Å². The van der Waals surface area contributed by atoms with Crippen LogP contribution in [-0.4, -0.2) is 39.4 Å². The van der Waals surface area contributed by atoms with Crippen LogP contribution in [0, 0.1) is 0 Å². The molecule has 0 spiro atoms. The van der Waals surface area contributed by atoms with Crippen molar-refractivity contribution < 1.29 is 13.2 Å². The van der Waals surface area contributed by atoms with E-state index in [0.717, 1.165) is 6.26 Å². The van der Waals surface area contributed by atoms with Gasteiger partial charge in [-0.15, -0.1) is 0 Å². The molecule has 74 valence electrons. The highest BCUT2D eigenvalue weighted by molar-refractivity contribution is 7.91. The summed E-state index contributed by atoms with van der Waals surface area (Å²) in [5.74, 6) is -1.13. The maximum Gasteiger partial charge on any atom is 0.235 e. The lowest BCUT2D eigenvalue weighted by Gasteiger charge is -2.00. The molecule has 8 heteroatoms. The van der Waals surface area contributed by atoms with Crippen LogP contribution in [0.15, 0.2) is 5.11 Å². The maximum absolute atomic E-state index is 10.8. The molecule has 0 bridgehead atoms. The van der Waals surface area contributed by atoms with E-state index >= 15 is 0 Å². The number of rotatable bonds is 5. The highest BCUT2D eigenvalue weighted by Crippen LogP contribution is 1.81. The van der Waals surface area contributed by atoms with Crippen LogP contribution in [-0.2, 0) is 14.6 Å². The number of carbonyl (C=O) groups excluding carboxylic acids is 1. The highest BCUT2D eigenvalue weighted by atomic mass is 32.2. The first-order chi connectivity index (χ1) is 5.95. The molecular formula is C5H10N4O3S. The van der Waals surface area contributed by atoms with Crippen molar-refractivity contribution in [2.24, 2.45) is 5.11 Å². The molecule has 7 nitrogen and oxygen atoms in total. The average molecular weight is 206 g/mol. The number of sulfone groups is 1. The van der Waals surface area contributed by atoms with Crippen LogP contribution in [0.3, 0.4) is 0 Å². The molecule has 0 fully saturated rings. The molecule has 0 aromatic carbocycles. The average Bonchev–Trinajstić information content (AvgIpc) is 1.94. The highest BCUT2D eigenvalue weighted by Gasteiger charge is 2.09. The molecule has 0 heterocycles. The van der Waals surface area contributed by atoms with E-state index in [-0.39, 0.29) is 13.1 Å². The summed E-state index contributed by atoms with van der Waals surface area (Å²) in [6.45, 7) is 0.268. The van der Waals surface area contributed by atoms with Gasteiger partial charge in [-0.1, -0.05) is 5.11 Å². The van der Waals surface area contributed by atoms with Gasteiger partial charge in [0.1, 0.15) is 5.75 Å². The summed E-state index contributed by atoms with van der Waals surface area (Å²) in [5.41, 5.74) is 7.87. The second kappa shape index (κ2) is 5.39. The van der Waals surface area contributed by atoms with Crippen LogP contribution in [0.2, 0.25) is 0 Å². The van der Waals surface area contributed by atoms with Crippen LogP contribution >= 0.6 is 0 Å². The number of carbonyl (C=O) groups is 1. The summed E-state index contributed by atoms with van der Waals surface area (Å²) in [7, 11) is -3.28. The Morgan fingerprint density at radius 3 is 2.69 bits per heavy atom. The summed E-state index contributed by atoms with van der Waals surface area (Å²) in [5, 5.41) is 5.45. The summed E-state index contributed by atoms with van der Waals surface area (Å²) >= 11 is 0. The van der Waals surface area contributed by atoms with E-state index in [4.69, 9.17) is 5.53 Å². The molecule has 0 aliphatic heterocycles. The second-order valence-corrected chi connectivity index (χ2v) is 4.51. The van der Waals surface area contributed by atoms with Gasteiger partial charge in [-0.05, 0) is 5.53 Å². The number of azide groups is 1. The molecule has 0 aromatic heterocycles. The Labute approximate surface area is 75.7 Å². The zero-order valence-corrected chi connectivity index (χ0v) is 7.91. The van der Waals surface area contributed by atoms with E-state index in [1.165, 1.54) is 0 Å². The maximum atomic E-state index is 10.8. The third kappa shape index (κ3) is 8.64. The van der Waals surface area contributed by atoms with E-state index in [1.54, 1.807) is 0 Å². The molecule has 0 aromatic rings. The van der Waals surface area contributed by atoms with Crippen LogP contribution in [0.4, 0.5) is 0 Å². The number of nitrogens with one attached hydrogen (secondary N) is 1. The third-order valence-electron chi connectivity index (χ3n) is 0.991. The van der Waals surface area contributed by atoms with Gasteiger partial charge in [-0.2, -0.15) is 0 Å². The van der Waals surface area contributed by atoms with Gasteiger partial charge >= 0.3 is 0 Å². The Hall–Kier alpha value is -1.27. The van der Waals surface area contributed by atoms with E-state index in [1.807, 2.05) is 0 Å². The standard InChI is InChI=1S/C5H10N4O3S/c1-13(11,12)4-5(10)7-2-3-8-9-6/h2-4H2,1H3,(H,7,10). The number of nitrogens with zero attached hydrogens (tertiary/aromatic N) is 3. The topological polar surface area (TPSA) is 112 Å². The Morgan fingerprint density at radius 1 is 1.62 bits per heavy atom. The van der Waals surface area contributed by atoms with Crippen LogP contribution in [0.25, 0.3) is 10.4 Å². The van der Waals surface area contributed by atoms with Gasteiger partial charge in [0.05, 0.1) is 0 Å². The Bertz CT molecular complexity index is 317. The van der Waals surface area contributed by atoms with Crippen molar-refractivity contribution in [3.63, 3.8) is 0 Å². The predicted octanol–water partition coefficient (Wildman–Crippen LogP) is -0.542. The zero-order chi connectivity index (χ0) is 10.3. The first-order valence-electron chi connectivity index (χ1n) is 3.41. The second-order valence-electron chi connectivity index (χ2n) is 2.37. The Morgan fingerprint density at radius 2 is 2.23 bits per heavy atom. The summed E-state index contributed by atoms with van der Waals surface area (Å²) in [6, 6.07) is 0. The lowest BCUT2D eigenvalue weighted by Crippen LogP contribution is -2.31. The monoisotopic (exact) mass is 206 g/mol. The molecule has 0 unspecified atom stereocenters. The zero-order valence-electron chi connectivity index (χ0n) is 7.10. The molecule has 1 amide bonds. The van der Waals surface area contributed by atoms with Crippen molar-refractivity contribution in [3.05, 3.63) is 10.4 Å². The fourth-order valence-electron chi connectivity index (χ4n) is 0.579. The fourth-order valence-corrected chi connectivity index (χ4v) is 1.16. The molecule has 0 rings (SSSR count). The normalized spacial score (nSPS) is 10.2. The third-order valence-corrected chi connectivity index (χ3v) is 1.78. The van der Waals surface area contributed by atoms with Crippen molar-refractivity contribution in [2.75, 3.05) is 25.1 Å². The van der Waals surface area contributed by atoms with Crippen molar-refractivity contribution in [3.8, 4) is 0 Å². The molecule has 0 aliphatic carbocycles. The van der Waals surface area contributed by atoms with Crippen molar-refractivity contribution in [1.29, 1.82) is 0 Å². The molecule has 0 aliphatic rings. The lowest BCUT2D eigenvalue weighted by atomic mass is 10.6. The van der Waals surface area contributed by atoms with Crippen LogP contribution in [0.5, 0.6) is 0 Å². The number of hydrogen-bond acceptors (Lipinski definition) is 4. The van der Waals surface area contributed by atoms with E-state index < -0.39 is 21.5 Å². The van der Waals surface area contributed by atoms with E-state index in [2.05, 4.69) is 15.3 Å². The van der Waals surface area contributed by atoms with Gasteiger partial charge < -0.3 is 5.32 Å². The van der Waals surface area contributed by atoms with E-state index in [9.17, 15) is 13.2 Å². The molecule has 0 saturated heterocycles. The summed E-state index contributed by atoms with van der Waals surface area (Å²) in [6.07, 6.45) is 0.972. The molecule has 0 radical (unpaired) electrons. The first kappa shape index (κ1) is 11.7. The Balaban J connectivity index is 3.71. The number of hydrogen-bond donors (Lipinski definition) is 1. The minimum atomic E-state index is -3.28. The van der Waals surface area contributed by atoms with Gasteiger partial charge in [0, 0.05) is 24.3 Å². The van der Waals surface area contributed by atoms with Gasteiger partial charge in [0.25, 0.3) is 0 Å². The predicted molar refractivity (Wildman–Crippen MR) is 46.7 cm³/mol. The molecule has 0 saturated carbocycles. The van der Waals surface area contributed by atoms with Gasteiger partial charge in [-0.3, -0.25) is 4.79 Å².